The van der Waals surface area contributed by atoms with Gasteiger partial charge in [0.2, 0.25) is 0 Å². The number of aliphatic imine (C=N–C) groups is 1. The average Bonchev–Trinajstić information content (AvgIpc) is 2.76. The number of hydrogen-bond acceptors (Lipinski definition) is 5. The van der Waals surface area contributed by atoms with E-state index in [1.165, 1.54) is 11.8 Å². The van der Waals surface area contributed by atoms with E-state index in [1.807, 2.05) is 24.8 Å². The molecule has 1 fully saturated rings. The molecule has 33 heavy (non-hydrogen) atoms. The second-order valence-electron chi connectivity index (χ2n) is 9.39. The minimum Gasteiger partial charge on any atom is -0.496 e. The number of allylic oxidation sites excluding steroid dienone is 3. The molecule has 2 rings (SSSR count). The van der Waals surface area contributed by atoms with Crippen LogP contribution in [0.25, 0.3) is 0 Å². The Labute approximate surface area is 198 Å². The number of nitrogens with two attached hydrogens (primary N) is 1. The van der Waals surface area contributed by atoms with E-state index in [0.717, 1.165) is 24.2 Å². The van der Waals surface area contributed by atoms with E-state index in [1.54, 1.807) is 19.4 Å². The lowest BCUT2D eigenvalue weighted by Crippen LogP contribution is -2.55. The summed E-state index contributed by atoms with van der Waals surface area (Å²) < 4.78 is 11.2. The van der Waals surface area contributed by atoms with Crippen LogP contribution in [0.3, 0.4) is 0 Å². The lowest BCUT2D eigenvalue weighted by Gasteiger charge is -2.42. The van der Waals surface area contributed by atoms with Crippen LogP contribution >= 0.6 is 0 Å². The summed E-state index contributed by atoms with van der Waals surface area (Å²) in [7, 11) is 1.71. The monoisotopic (exact) mass is 453 g/mol. The van der Waals surface area contributed by atoms with Gasteiger partial charge in [0.25, 0.3) is 5.91 Å². The molecule has 0 bridgehead atoms. The molecule has 0 atom stereocenters. The highest BCUT2D eigenvalue weighted by Crippen LogP contribution is 2.25. The van der Waals surface area contributed by atoms with Gasteiger partial charge in [0.15, 0.2) is 0 Å². The van der Waals surface area contributed by atoms with Gasteiger partial charge in [-0.25, -0.2) is 0 Å². The zero-order chi connectivity index (χ0) is 24.4. The highest BCUT2D eigenvalue weighted by atomic mass is 16.5. The van der Waals surface area contributed by atoms with Crippen LogP contribution in [0.15, 0.2) is 59.4 Å². The van der Waals surface area contributed by atoms with E-state index >= 15 is 0 Å². The van der Waals surface area contributed by atoms with Gasteiger partial charge in [0, 0.05) is 12.8 Å². The second kappa shape index (κ2) is 12.4. The van der Waals surface area contributed by atoms with Crippen molar-refractivity contribution in [3.05, 3.63) is 65.5 Å². The Morgan fingerprint density at radius 3 is 2.79 bits per heavy atom. The standard InChI is InChI=1S/C27H39N3O3/c1-20(2)16-23-11-10-22(17-25(23)32-6)8-7-9-24(29-18-21(3)12-13-28)26(31)30-14-15-33-19-27(30,4)5/h9-13,17-18,20H,3,7-8,14-16,19,28H2,1-2,4-6H3/b13-12-,24-9+,29-18+. The molecule has 0 saturated carbocycles. The van der Waals surface area contributed by atoms with Crippen molar-refractivity contribution >= 4 is 12.1 Å². The first-order valence-electron chi connectivity index (χ1n) is 11.5. The molecule has 0 spiro atoms. The number of carbonyl (C=O) groups is 1. The third-order valence-electron chi connectivity index (χ3n) is 5.54. The van der Waals surface area contributed by atoms with Crippen molar-refractivity contribution in [2.45, 2.75) is 52.5 Å². The minimum absolute atomic E-state index is 0.103. The normalized spacial score (nSPS) is 16.7. The van der Waals surface area contributed by atoms with Crippen molar-refractivity contribution in [3.63, 3.8) is 0 Å². The summed E-state index contributed by atoms with van der Waals surface area (Å²) >= 11 is 0. The Kier molecular flexibility index (Phi) is 9.92. The number of benzene rings is 1. The maximum Gasteiger partial charge on any atom is 0.272 e. The van der Waals surface area contributed by atoms with Gasteiger partial charge in [-0.2, -0.15) is 0 Å². The number of morpholine rings is 1. The number of rotatable bonds is 10. The Balaban J connectivity index is 2.21. The number of ether oxygens (including phenoxy) is 2. The Bertz CT molecular complexity index is 913. The molecule has 1 aromatic carbocycles. The minimum atomic E-state index is -0.391. The van der Waals surface area contributed by atoms with Crippen LogP contribution < -0.4 is 10.5 Å². The molecule has 0 unspecified atom stereocenters. The van der Waals surface area contributed by atoms with Crippen molar-refractivity contribution in [1.82, 2.24) is 4.90 Å². The molecule has 1 amide bonds. The van der Waals surface area contributed by atoms with Gasteiger partial charge < -0.3 is 20.1 Å². The van der Waals surface area contributed by atoms with Gasteiger partial charge in [-0.1, -0.05) is 38.6 Å². The maximum absolute atomic E-state index is 13.4. The van der Waals surface area contributed by atoms with Gasteiger partial charge in [0.1, 0.15) is 11.4 Å². The zero-order valence-corrected chi connectivity index (χ0v) is 20.8. The smallest absolute Gasteiger partial charge is 0.272 e. The molecule has 0 aliphatic carbocycles. The van der Waals surface area contributed by atoms with Gasteiger partial charge in [-0.05, 0) is 74.1 Å². The summed E-state index contributed by atoms with van der Waals surface area (Å²) in [6.07, 6.45) is 8.96. The molecular formula is C27H39N3O3. The fraction of sp³-hybridized carbons (Fsp3) is 0.481. The van der Waals surface area contributed by atoms with Gasteiger partial charge >= 0.3 is 0 Å². The van der Waals surface area contributed by atoms with E-state index in [4.69, 9.17) is 15.2 Å². The van der Waals surface area contributed by atoms with Crippen LogP contribution in [0, 0.1) is 5.92 Å². The van der Waals surface area contributed by atoms with Crippen LogP contribution in [0.2, 0.25) is 0 Å². The van der Waals surface area contributed by atoms with Gasteiger partial charge in [-0.15, -0.1) is 0 Å². The summed E-state index contributed by atoms with van der Waals surface area (Å²) in [4.78, 5) is 19.7. The van der Waals surface area contributed by atoms with E-state index in [9.17, 15) is 4.79 Å². The Morgan fingerprint density at radius 2 is 2.15 bits per heavy atom. The predicted octanol–water partition coefficient (Wildman–Crippen LogP) is 4.45. The largest absolute Gasteiger partial charge is 0.496 e. The molecule has 1 aromatic rings. The number of nitrogens with zero attached hydrogens (tertiary/aromatic N) is 2. The molecule has 1 aliphatic heterocycles. The molecule has 2 N–H and O–H groups in total. The molecule has 6 nitrogen and oxygen atoms in total. The average molecular weight is 454 g/mol. The van der Waals surface area contributed by atoms with Crippen molar-refractivity contribution in [1.29, 1.82) is 0 Å². The first-order chi connectivity index (χ1) is 15.7. The topological polar surface area (TPSA) is 77.2 Å². The number of amides is 1. The number of hydrogen-bond donors (Lipinski definition) is 1. The van der Waals surface area contributed by atoms with Gasteiger partial charge in [-0.3, -0.25) is 9.79 Å². The number of carbonyl (C=O) groups excluding carboxylic acids is 1. The summed E-state index contributed by atoms with van der Waals surface area (Å²) in [6, 6.07) is 6.37. The Hall–Kier alpha value is -2.86. The lowest BCUT2D eigenvalue weighted by molar-refractivity contribution is -0.142. The predicted molar refractivity (Wildman–Crippen MR) is 136 cm³/mol. The molecule has 0 aromatic heterocycles. The van der Waals surface area contributed by atoms with Crippen LogP contribution in [-0.2, 0) is 22.4 Å². The summed E-state index contributed by atoms with van der Waals surface area (Å²) in [5, 5.41) is 0. The van der Waals surface area contributed by atoms with Crippen LogP contribution in [0.1, 0.15) is 45.2 Å². The van der Waals surface area contributed by atoms with Gasteiger partial charge in [0.05, 0.1) is 25.9 Å². The van der Waals surface area contributed by atoms with E-state index < -0.39 is 5.54 Å². The molecule has 6 heteroatoms. The zero-order valence-electron chi connectivity index (χ0n) is 20.8. The fourth-order valence-electron chi connectivity index (χ4n) is 3.82. The van der Waals surface area contributed by atoms with E-state index in [2.05, 4.69) is 43.6 Å². The fourth-order valence-corrected chi connectivity index (χ4v) is 3.82. The molecule has 1 saturated heterocycles. The second-order valence-corrected chi connectivity index (χ2v) is 9.39. The van der Waals surface area contributed by atoms with E-state index in [0.29, 0.717) is 43.4 Å². The number of methoxy groups -OCH3 is 1. The molecule has 180 valence electrons. The third kappa shape index (κ3) is 7.90. The summed E-state index contributed by atoms with van der Waals surface area (Å²) in [6.45, 7) is 13.9. The third-order valence-corrected chi connectivity index (χ3v) is 5.54. The summed E-state index contributed by atoms with van der Waals surface area (Å²) in [5.41, 5.74) is 8.45. The highest BCUT2D eigenvalue weighted by Gasteiger charge is 2.35. The number of aryl methyl sites for hydroxylation is 1. The van der Waals surface area contributed by atoms with Crippen molar-refractivity contribution < 1.29 is 14.3 Å². The van der Waals surface area contributed by atoms with E-state index in [-0.39, 0.29) is 5.91 Å². The lowest BCUT2D eigenvalue weighted by atomic mass is 9.99. The first-order valence-corrected chi connectivity index (χ1v) is 11.5. The van der Waals surface area contributed by atoms with Crippen molar-refractivity contribution in [2.75, 3.05) is 26.9 Å². The van der Waals surface area contributed by atoms with Crippen LogP contribution in [0.5, 0.6) is 5.75 Å². The SMILES string of the molecule is C=C(/C=C\N)/C=N/C(=C/CCc1ccc(CC(C)C)c(OC)c1)C(=O)N1CCOCC1(C)C. The highest BCUT2D eigenvalue weighted by molar-refractivity contribution is 5.96. The first kappa shape index (κ1) is 26.4. The molecule has 1 aliphatic rings. The van der Waals surface area contributed by atoms with Crippen molar-refractivity contribution in [2.24, 2.45) is 16.6 Å². The summed E-state index contributed by atoms with van der Waals surface area (Å²) in [5.74, 6) is 1.38. The maximum atomic E-state index is 13.4. The molecule has 1 heterocycles. The van der Waals surface area contributed by atoms with Crippen molar-refractivity contribution in [3.8, 4) is 5.75 Å². The Morgan fingerprint density at radius 1 is 1.39 bits per heavy atom. The quantitative estimate of drug-likeness (QED) is 0.323. The van der Waals surface area contributed by atoms with Crippen LogP contribution in [0.4, 0.5) is 0 Å². The molecular weight excluding hydrogens is 414 g/mol. The molecule has 0 radical (unpaired) electrons. The van der Waals surface area contributed by atoms with Crippen LogP contribution in [-0.4, -0.2) is 49.4 Å².